The normalized spacial score (nSPS) is 18.8. The van der Waals surface area contributed by atoms with Gasteiger partial charge in [0.25, 0.3) is 0 Å². The van der Waals surface area contributed by atoms with Crippen molar-refractivity contribution < 1.29 is 23.8 Å². The molecule has 2 N–H and O–H groups in total. The lowest BCUT2D eigenvalue weighted by Crippen LogP contribution is -2.38. The van der Waals surface area contributed by atoms with E-state index in [0.717, 1.165) is 63.1 Å². The highest BCUT2D eigenvalue weighted by molar-refractivity contribution is 5.77. The van der Waals surface area contributed by atoms with Gasteiger partial charge in [-0.05, 0) is 81.4 Å². The molecular formula is C31H45FN4O4. The van der Waals surface area contributed by atoms with Gasteiger partial charge in [-0.25, -0.2) is 9.37 Å². The van der Waals surface area contributed by atoms with Crippen LogP contribution in [0.15, 0.2) is 24.3 Å². The minimum Gasteiger partial charge on any atom is -0.493 e. The first-order valence-corrected chi connectivity index (χ1v) is 14.6. The summed E-state index contributed by atoms with van der Waals surface area (Å²) in [5.41, 5.74) is 3.54. The van der Waals surface area contributed by atoms with E-state index in [9.17, 15) is 9.90 Å². The Morgan fingerprint density at radius 1 is 1.27 bits per heavy atom. The lowest BCUT2D eigenvalue weighted by atomic mass is 9.95. The summed E-state index contributed by atoms with van der Waals surface area (Å²) in [4.78, 5) is 21.6. The van der Waals surface area contributed by atoms with E-state index in [2.05, 4.69) is 29.4 Å². The molecule has 1 saturated heterocycles. The van der Waals surface area contributed by atoms with Crippen LogP contribution in [-0.2, 0) is 22.4 Å². The number of aromatic nitrogens is 1. The van der Waals surface area contributed by atoms with Gasteiger partial charge in [0, 0.05) is 50.0 Å². The number of likely N-dealkylation sites (tertiary alicyclic amines) is 1. The zero-order chi connectivity index (χ0) is 28.6. The van der Waals surface area contributed by atoms with Crippen molar-refractivity contribution >= 4 is 11.8 Å². The minimum atomic E-state index is -0.997. The van der Waals surface area contributed by atoms with Crippen LogP contribution in [0.4, 0.5) is 10.2 Å². The number of carboxylic acids is 1. The summed E-state index contributed by atoms with van der Waals surface area (Å²) in [6, 6.07) is 6.85. The zero-order valence-electron chi connectivity index (χ0n) is 24.4. The second kappa shape index (κ2) is 14.2. The first-order chi connectivity index (χ1) is 19.3. The Morgan fingerprint density at radius 2 is 2.10 bits per heavy atom. The number of hydrogen-bond acceptors (Lipinski definition) is 7. The van der Waals surface area contributed by atoms with Gasteiger partial charge in [0.15, 0.2) is 11.6 Å². The molecule has 3 atom stereocenters. The van der Waals surface area contributed by atoms with Gasteiger partial charge in [-0.2, -0.15) is 0 Å². The number of nitrogens with zero attached hydrogens (tertiary/aromatic N) is 3. The van der Waals surface area contributed by atoms with Crippen LogP contribution in [0.2, 0.25) is 0 Å². The molecule has 0 saturated carbocycles. The molecule has 0 radical (unpaired) electrons. The van der Waals surface area contributed by atoms with Gasteiger partial charge in [-0.1, -0.05) is 19.4 Å². The lowest BCUT2D eigenvalue weighted by Gasteiger charge is -2.29. The number of benzene rings is 1. The molecule has 9 heteroatoms. The number of methoxy groups -OCH3 is 2. The molecule has 1 unspecified atom stereocenters. The van der Waals surface area contributed by atoms with Crippen molar-refractivity contribution in [3.05, 3.63) is 52.5 Å². The molecule has 1 aromatic heterocycles. The number of unbranched alkanes of at least 4 members (excludes halogenated alkanes) is 2. The molecule has 0 spiro atoms. The van der Waals surface area contributed by atoms with Crippen LogP contribution < -0.4 is 10.1 Å². The molecule has 4 rings (SSSR count). The van der Waals surface area contributed by atoms with Gasteiger partial charge in [-0.3, -0.25) is 9.69 Å². The summed E-state index contributed by atoms with van der Waals surface area (Å²) < 4.78 is 25.6. The van der Waals surface area contributed by atoms with Crippen molar-refractivity contribution in [1.29, 1.82) is 0 Å². The van der Waals surface area contributed by atoms with E-state index in [1.165, 1.54) is 25.2 Å². The first kappa shape index (κ1) is 30.2. The molecule has 0 bridgehead atoms. The van der Waals surface area contributed by atoms with Crippen molar-refractivity contribution in [2.45, 2.75) is 69.9 Å². The van der Waals surface area contributed by atoms with Crippen LogP contribution in [-0.4, -0.2) is 86.0 Å². The van der Waals surface area contributed by atoms with Gasteiger partial charge in [0.1, 0.15) is 11.9 Å². The summed E-state index contributed by atoms with van der Waals surface area (Å²) in [6.45, 7) is 5.56. The van der Waals surface area contributed by atoms with Crippen molar-refractivity contribution in [1.82, 2.24) is 14.8 Å². The minimum absolute atomic E-state index is 0.00164. The Bertz CT molecular complexity index is 1150. The first-order valence-electron chi connectivity index (χ1n) is 14.6. The molecule has 2 aromatic rings. The van der Waals surface area contributed by atoms with Crippen LogP contribution in [0.25, 0.3) is 0 Å². The number of anilines is 1. The number of rotatable bonds is 14. The zero-order valence-corrected chi connectivity index (χ0v) is 24.4. The van der Waals surface area contributed by atoms with Gasteiger partial charge in [-0.15, -0.1) is 0 Å². The Balaban J connectivity index is 1.31. The van der Waals surface area contributed by atoms with Crippen LogP contribution in [0.1, 0.15) is 73.4 Å². The largest absolute Gasteiger partial charge is 0.493 e. The lowest BCUT2D eigenvalue weighted by molar-refractivity contribution is -0.143. The average Bonchev–Trinajstić information content (AvgIpc) is 3.42. The number of fused-ring (bicyclic) bond motifs is 1. The molecule has 2 aliphatic rings. The number of aliphatic carboxylic acids is 1. The molecule has 1 aromatic carbocycles. The van der Waals surface area contributed by atoms with E-state index < -0.39 is 17.8 Å². The number of pyridine rings is 1. The van der Waals surface area contributed by atoms with Crippen molar-refractivity contribution in [2.24, 2.45) is 0 Å². The number of likely N-dealkylation sites (N-methyl/N-ethyl adjacent to an activating group) is 1. The number of hydrogen-bond donors (Lipinski definition) is 2. The van der Waals surface area contributed by atoms with Crippen LogP contribution >= 0.6 is 0 Å². The Hall–Kier alpha value is -2.75. The van der Waals surface area contributed by atoms with Crippen molar-refractivity contribution in [3.63, 3.8) is 0 Å². The predicted octanol–water partition coefficient (Wildman–Crippen LogP) is 4.88. The third kappa shape index (κ3) is 7.30. The maximum atomic E-state index is 15.0. The van der Waals surface area contributed by atoms with E-state index in [4.69, 9.17) is 14.5 Å². The third-order valence-corrected chi connectivity index (χ3v) is 8.39. The molecular weight excluding hydrogens is 511 g/mol. The monoisotopic (exact) mass is 556 g/mol. The number of ether oxygens (including phenoxy) is 2. The van der Waals surface area contributed by atoms with E-state index in [1.807, 2.05) is 11.8 Å². The SMILES string of the molecule is COC[C@H](C)c1cc(F)c(OC)c(C(C(=O)O)N2CC[C@@H](N(C)CCCCCc3ccc4c(n3)NCCC4)C2)c1. The second-order valence-corrected chi connectivity index (χ2v) is 11.3. The van der Waals surface area contributed by atoms with E-state index in [1.54, 1.807) is 13.2 Å². The second-order valence-electron chi connectivity index (χ2n) is 11.3. The third-order valence-electron chi connectivity index (χ3n) is 8.39. The highest BCUT2D eigenvalue weighted by atomic mass is 19.1. The van der Waals surface area contributed by atoms with Gasteiger partial charge >= 0.3 is 5.97 Å². The molecule has 40 heavy (non-hydrogen) atoms. The Kier molecular flexibility index (Phi) is 10.8. The molecule has 220 valence electrons. The standard InChI is InChI=1S/C31H45FN4O4/c1-21(20-39-3)23-17-26(29(40-4)27(32)18-23)28(31(37)38)36-16-13-25(19-36)35(2)15-7-5-6-10-24-12-11-22-9-8-14-33-30(22)34-24/h11-12,17-18,21,25,28H,5-10,13-16,19-20H2,1-4H3,(H,33,34)(H,37,38)/t21-,25+,28?/m0/s1. The van der Waals surface area contributed by atoms with Gasteiger partial charge in [0.2, 0.25) is 0 Å². The molecule has 3 heterocycles. The van der Waals surface area contributed by atoms with E-state index in [0.29, 0.717) is 30.8 Å². The fraction of sp³-hybridized carbons (Fsp3) is 0.613. The fourth-order valence-corrected chi connectivity index (χ4v) is 6.07. The van der Waals surface area contributed by atoms with Crippen LogP contribution in [0.5, 0.6) is 5.75 Å². The molecule has 0 amide bonds. The highest BCUT2D eigenvalue weighted by Crippen LogP contribution is 2.37. The Morgan fingerprint density at radius 3 is 2.85 bits per heavy atom. The number of halogens is 1. The topological polar surface area (TPSA) is 87.2 Å². The van der Waals surface area contributed by atoms with Crippen LogP contribution in [0, 0.1) is 5.82 Å². The van der Waals surface area contributed by atoms with Gasteiger partial charge < -0.3 is 24.8 Å². The molecule has 2 aliphatic heterocycles. The number of carbonyl (C=O) groups is 1. The van der Waals surface area contributed by atoms with E-state index in [-0.39, 0.29) is 17.7 Å². The molecule has 1 fully saturated rings. The van der Waals surface area contributed by atoms with Crippen molar-refractivity contribution in [2.75, 3.05) is 59.4 Å². The number of aryl methyl sites for hydroxylation is 2. The summed E-state index contributed by atoms with van der Waals surface area (Å²) in [5.74, 6) is -0.550. The predicted molar refractivity (Wildman–Crippen MR) is 155 cm³/mol. The van der Waals surface area contributed by atoms with Gasteiger partial charge in [0.05, 0.1) is 13.7 Å². The highest BCUT2D eigenvalue weighted by Gasteiger charge is 2.37. The summed E-state index contributed by atoms with van der Waals surface area (Å²) in [5, 5.41) is 13.7. The smallest absolute Gasteiger partial charge is 0.325 e. The molecule has 0 aliphatic carbocycles. The number of carboxylic acid groups (broad SMARTS) is 1. The van der Waals surface area contributed by atoms with E-state index >= 15 is 4.39 Å². The maximum absolute atomic E-state index is 15.0. The summed E-state index contributed by atoms with van der Waals surface area (Å²) >= 11 is 0. The maximum Gasteiger partial charge on any atom is 0.325 e. The number of nitrogens with one attached hydrogen (secondary N) is 1. The molecule has 8 nitrogen and oxygen atoms in total. The Labute approximate surface area is 237 Å². The van der Waals surface area contributed by atoms with Crippen LogP contribution in [0.3, 0.4) is 0 Å². The summed E-state index contributed by atoms with van der Waals surface area (Å²) in [6.07, 6.45) is 7.43. The fourth-order valence-electron chi connectivity index (χ4n) is 6.07. The average molecular weight is 557 g/mol. The summed E-state index contributed by atoms with van der Waals surface area (Å²) in [7, 11) is 5.11. The van der Waals surface area contributed by atoms with Crippen molar-refractivity contribution in [3.8, 4) is 5.75 Å². The quantitative estimate of drug-likeness (QED) is 0.319.